The van der Waals surface area contributed by atoms with Crippen LogP contribution in [0.25, 0.3) is 0 Å². The highest BCUT2D eigenvalue weighted by Crippen LogP contribution is 2.20. The Bertz CT molecular complexity index is 834. The highest BCUT2D eigenvalue weighted by atomic mass is 32.2. The molecule has 0 saturated heterocycles. The second kappa shape index (κ2) is 5.93. The number of hydrogen-bond donors (Lipinski definition) is 0. The van der Waals surface area contributed by atoms with Crippen molar-refractivity contribution in [3.05, 3.63) is 45.8 Å². The Kier molecular flexibility index (Phi) is 4.11. The number of nitrogens with zero attached hydrogens (tertiary/aromatic N) is 3. The van der Waals surface area contributed by atoms with E-state index >= 15 is 0 Å². The van der Waals surface area contributed by atoms with E-state index in [4.69, 9.17) is 0 Å². The van der Waals surface area contributed by atoms with Gasteiger partial charge < -0.3 is 9.80 Å². The van der Waals surface area contributed by atoms with Crippen LogP contribution in [0, 0.1) is 6.92 Å². The van der Waals surface area contributed by atoms with E-state index in [0.29, 0.717) is 24.5 Å². The fourth-order valence-corrected chi connectivity index (χ4v) is 4.33. The van der Waals surface area contributed by atoms with Gasteiger partial charge in [0.15, 0.2) is 0 Å². The number of amidine groups is 1. The molecule has 3 rings (SSSR count). The SMILES string of the molecule is Cc1ccsc1CN(C)C(=O)C1=CN2CCS(=O)(=O)N=C2C=C1. The third-order valence-electron chi connectivity index (χ3n) is 3.77. The van der Waals surface area contributed by atoms with Crippen LogP contribution in [0.2, 0.25) is 0 Å². The van der Waals surface area contributed by atoms with Gasteiger partial charge >= 0.3 is 0 Å². The summed E-state index contributed by atoms with van der Waals surface area (Å²) in [6, 6.07) is 2.04. The average Bonchev–Trinajstić information content (AvgIpc) is 2.90. The van der Waals surface area contributed by atoms with Crippen LogP contribution in [0.1, 0.15) is 10.4 Å². The summed E-state index contributed by atoms with van der Waals surface area (Å²) in [6.45, 7) is 2.90. The number of fused-ring (bicyclic) bond motifs is 1. The Morgan fingerprint density at radius 2 is 2.22 bits per heavy atom. The molecule has 1 aromatic rings. The van der Waals surface area contributed by atoms with Crippen molar-refractivity contribution in [1.82, 2.24) is 9.80 Å². The summed E-state index contributed by atoms with van der Waals surface area (Å²) in [5.74, 6) is 0.234. The molecule has 0 atom stereocenters. The fraction of sp³-hybridized carbons (Fsp3) is 0.333. The Labute approximate surface area is 139 Å². The fourth-order valence-electron chi connectivity index (χ4n) is 2.40. The molecular weight excluding hydrogens is 334 g/mol. The van der Waals surface area contributed by atoms with Crippen LogP contribution in [-0.4, -0.2) is 49.3 Å². The molecule has 8 heteroatoms. The smallest absolute Gasteiger partial charge is 0.256 e. The summed E-state index contributed by atoms with van der Waals surface area (Å²) >= 11 is 1.63. The van der Waals surface area contributed by atoms with Crippen molar-refractivity contribution in [2.45, 2.75) is 13.5 Å². The number of aryl methyl sites for hydroxylation is 1. The van der Waals surface area contributed by atoms with Gasteiger partial charge in [-0.3, -0.25) is 4.79 Å². The van der Waals surface area contributed by atoms with Gasteiger partial charge in [0, 0.05) is 24.7 Å². The van der Waals surface area contributed by atoms with E-state index in [1.54, 1.807) is 46.5 Å². The lowest BCUT2D eigenvalue weighted by molar-refractivity contribution is -0.126. The first kappa shape index (κ1) is 15.9. The van der Waals surface area contributed by atoms with Crippen LogP contribution >= 0.6 is 11.3 Å². The number of rotatable bonds is 3. The Morgan fingerprint density at radius 3 is 2.91 bits per heavy atom. The standard InChI is InChI=1S/C15H17N3O3S2/c1-11-5-7-22-13(11)10-17(2)15(19)12-3-4-14-16-23(20,21)8-6-18(14)9-12/h3-5,7,9H,6,8,10H2,1-2H3. The van der Waals surface area contributed by atoms with Crippen molar-refractivity contribution < 1.29 is 13.2 Å². The average molecular weight is 351 g/mol. The minimum absolute atomic E-state index is 0.0352. The Balaban J connectivity index is 1.75. The summed E-state index contributed by atoms with van der Waals surface area (Å²) in [7, 11) is -1.61. The zero-order valence-electron chi connectivity index (χ0n) is 12.9. The van der Waals surface area contributed by atoms with Gasteiger partial charge in [0.1, 0.15) is 5.84 Å². The summed E-state index contributed by atoms with van der Waals surface area (Å²) in [4.78, 5) is 17.1. The van der Waals surface area contributed by atoms with E-state index in [1.165, 1.54) is 5.56 Å². The molecule has 1 amide bonds. The molecule has 0 fully saturated rings. The van der Waals surface area contributed by atoms with Gasteiger partial charge in [-0.2, -0.15) is 0 Å². The molecule has 0 saturated carbocycles. The number of carbonyl (C=O) groups excluding carboxylic acids is 1. The van der Waals surface area contributed by atoms with E-state index in [1.807, 2.05) is 18.4 Å². The van der Waals surface area contributed by atoms with E-state index < -0.39 is 10.0 Å². The second-order valence-electron chi connectivity index (χ2n) is 5.53. The third-order valence-corrected chi connectivity index (χ3v) is 5.94. The molecule has 6 nitrogen and oxygen atoms in total. The van der Waals surface area contributed by atoms with Crippen molar-refractivity contribution in [2.75, 3.05) is 19.3 Å². The normalized spacial score (nSPS) is 19.0. The summed E-state index contributed by atoms with van der Waals surface area (Å²) < 4.78 is 26.7. The van der Waals surface area contributed by atoms with Crippen LogP contribution in [0.5, 0.6) is 0 Å². The summed E-state index contributed by atoms with van der Waals surface area (Å²) in [5.41, 5.74) is 1.71. The van der Waals surface area contributed by atoms with Crippen LogP contribution in [-0.2, 0) is 21.4 Å². The zero-order valence-corrected chi connectivity index (χ0v) is 14.5. The summed E-state index contributed by atoms with van der Waals surface area (Å²) in [5, 5.41) is 2.01. The highest BCUT2D eigenvalue weighted by Gasteiger charge is 2.26. The summed E-state index contributed by atoms with van der Waals surface area (Å²) in [6.07, 6.45) is 4.87. The Hall–Kier alpha value is -1.93. The predicted octanol–water partition coefficient (Wildman–Crippen LogP) is 1.51. The Morgan fingerprint density at radius 1 is 1.43 bits per heavy atom. The van der Waals surface area contributed by atoms with Crippen LogP contribution in [0.3, 0.4) is 0 Å². The number of thiophene rings is 1. The van der Waals surface area contributed by atoms with Gasteiger partial charge in [0.25, 0.3) is 15.9 Å². The topological polar surface area (TPSA) is 70.1 Å². The minimum Gasteiger partial charge on any atom is -0.337 e. The first-order valence-electron chi connectivity index (χ1n) is 7.13. The van der Waals surface area contributed by atoms with Gasteiger partial charge in [-0.1, -0.05) is 0 Å². The van der Waals surface area contributed by atoms with Crippen molar-refractivity contribution in [3.8, 4) is 0 Å². The van der Waals surface area contributed by atoms with E-state index in [0.717, 1.165) is 4.88 Å². The van der Waals surface area contributed by atoms with E-state index in [2.05, 4.69) is 4.40 Å². The van der Waals surface area contributed by atoms with Gasteiger partial charge in [-0.05, 0) is 36.1 Å². The zero-order chi connectivity index (χ0) is 16.6. The predicted molar refractivity (Wildman–Crippen MR) is 90.7 cm³/mol. The first-order valence-corrected chi connectivity index (χ1v) is 9.62. The molecular formula is C15H17N3O3S2. The molecule has 1 aromatic heterocycles. The molecule has 0 N–H and O–H groups in total. The minimum atomic E-state index is -3.37. The number of likely N-dealkylation sites (N-methyl/N-ethyl adjacent to an activating group) is 1. The molecule has 0 bridgehead atoms. The van der Waals surface area contributed by atoms with Gasteiger partial charge in [0.05, 0.1) is 17.9 Å². The van der Waals surface area contributed by atoms with Crippen LogP contribution in [0.15, 0.2) is 39.8 Å². The molecule has 0 aliphatic carbocycles. The molecule has 0 spiro atoms. The van der Waals surface area contributed by atoms with Gasteiger partial charge in [-0.25, -0.2) is 8.42 Å². The van der Waals surface area contributed by atoms with Crippen molar-refractivity contribution in [1.29, 1.82) is 0 Å². The van der Waals surface area contributed by atoms with Gasteiger partial charge in [-0.15, -0.1) is 15.7 Å². The molecule has 23 heavy (non-hydrogen) atoms. The van der Waals surface area contributed by atoms with Gasteiger partial charge in [0.2, 0.25) is 0 Å². The van der Waals surface area contributed by atoms with E-state index in [9.17, 15) is 13.2 Å². The molecule has 2 aliphatic rings. The van der Waals surface area contributed by atoms with Crippen molar-refractivity contribution in [2.24, 2.45) is 4.40 Å². The number of carbonyl (C=O) groups is 1. The van der Waals surface area contributed by atoms with Crippen LogP contribution in [0.4, 0.5) is 0 Å². The van der Waals surface area contributed by atoms with Crippen molar-refractivity contribution in [3.63, 3.8) is 0 Å². The maximum atomic E-state index is 12.6. The number of amides is 1. The first-order chi connectivity index (χ1) is 10.9. The molecule has 0 radical (unpaired) electrons. The number of sulfonamides is 1. The molecule has 3 heterocycles. The maximum absolute atomic E-state index is 12.6. The third kappa shape index (κ3) is 3.37. The quantitative estimate of drug-likeness (QED) is 0.828. The van der Waals surface area contributed by atoms with Crippen molar-refractivity contribution >= 4 is 33.1 Å². The second-order valence-corrected chi connectivity index (χ2v) is 8.29. The lowest BCUT2D eigenvalue weighted by Gasteiger charge is -2.28. The molecule has 0 aromatic carbocycles. The molecule has 122 valence electrons. The monoisotopic (exact) mass is 351 g/mol. The van der Waals surface area contributed by atoms with E-state index in [-0.39, 0.29) is 11.7 Å². The lowest BCUT2D eigenvalue weighted by atomic mass is 10.1. The largest absolute Gasteiger partial charge is 0.337 e. The molecule has 2 aliphatic heterocycles. The molecule has 0 unspecified atom stereocenters. The maximum Gasteiger partial charge on any atom is 0.256 e. The van der Waals surface area contributed by atoms with Crippen LogP contribution < -0.4 is 0 Å². The number of hydrogen-bond acceptors (Lipinski definition) is 5. The highest BCUT2D eigenvalue weighted by molar-refractivity contribution is 7.90. The lowest BCUT2D eigenvalue weighted by Crippen LogP contribution is -2.38.